The van der Waals surface area contributed by atoms with Gasteiger partial charge in [0, 0.05) is 34.7 Å². The minimum Gasteiger partial charge on any atom is -0.496 e. The van der Waals surface area contributed by atoms with Crippen molar-refractivity contribution in [3.8, 4) is 22.6 Å². The zero-order valence-corrected chi connectivity index (χ0v) is 19.6. The Kier molecular flexibility index (Phi) is 6.84. The maximum absolute atomic E-state index is 11.2. The number of para-hydroxylation sites is 2. The number of hydrogen-bond donors (Lipinski definition) is 2. The lowest BCUT2D eigenvalue weighted by atomic mass is 9.99. The number of rotatable bonds is 9. The van der Waals surface area contributed by atoms with E-state index < -0.39 is 5.97 Å². The number of aromatic nitrogens is 2. The lowest BCUT2D eigenvalue weighted by molar-refractivity contribution is -0.136. The first-order valence-electron chi connectivity index (χ1n) is 11.2. The summed E-state index contributed by atoms with van der Waals surface area (Å²) in [6.07, 6.45) is -0.0984. The van der Waals surface area contributed by atoms with Crippen molar-refractivity contribution in [3.63, 3.8) is 0 Å². The molecule has 0 aliphatic heterocycles. The maximum Gasteiger partial charge on any atom is 0.307 e. The van der Waals surface area contributed by atoms with E-state index in [1.54, 1.807) is 19.2 Å². The number of aliphatic carboxylic acids is 1. The van der Waals surface area contributed by atoms with Gasteiger partial charge in [-0.3, -0.25) is 9.48 Å². The van der Waals surface area contributed by atoms with Crippen LogP contribution in [-0.2, 0) is 24.4 Å². The molecule has 1 heterocycles. The van der Waals surface area contributed by atoms with Gasteiger partial charge in [0.25, 0.3) is 0 Å². The third-order valence-electron chi connectivity index (χ3n) is 5.78. The van der Waals surface area contributed by atoms with E-state index in [-0.39, 0.29) is 19.1 Å². The van der Waals surface area contributed by atoms with Gasteiger partial charge in [-0.1, -0.05) is 42.5 Å². The van der Waals surface area contributed by atoms with Crippen molar-refractivity contribution in [2.24, 2.45) is 5.73 Å². The highest BCUT2D eigenvalue weighted by Gasteiger charge is 2.17. The first-order valence-corrected chi connectivity index (χ1v) is 11.2. The van der Waals surface area contributed by atoms with Crippen molar-refractivity contribution in [1.82, 2.24) is 9.78 Å². The van der Waals surface area contributed by atoms with E-state index in [0.29, 0.717) is 17.9 Å². The Hall–Kier alpha value is -3.84. The summed E-state index contributed by atoms with van der Waals surface area (Å²) >= 11 is 0. The van der Waals surface area contributed by atoms with E-state index in [9.17, 15) is 9.90 Å². The van der Waals surface area contributed by atoms with E-state index in [1.165, 1.54) is 0 Å². The number of fused-ring (bicyclic) bond motifs is 1. The minimum atomic E-state index is -0.899. The monoisotopic (exact) mass is 459 g/mol. The number of carbonyl (C=O) groups is 1. The van der Waals surface area contributed by atoms with Crippen molar-refractivity contribution in [1.29, 1.82) is 0 Å². The van der Waals surface area contributed by atoms with Gasteiger partial charge in [-0.05, 0) is 37.6 Å². The zero-order valence-electron chi connectivity index (χ0n) is 19.6. The molecule has 1 aromatic heterocycles. The molecule has 0 aliphatic carbocycles. The van der Waals surface area contributed by atoms with Gasteiger partial charge >= 0.3 is 5.97 Å². The Balaban J connectivity index is 1.76. The van der Waals surface area contributed by atoms with Gasteiger partial charge in [-0.25, -0.2) is 0 Å². The summed E-state index contributed by atoms with van der Waals surface area (Å²) in [5.41, 5.74) is 11.2. The summed E-state index contributed by atoms with van der Waals surface area (Å²) in [6, 6.07) is 19.5. The number of benzene rings is 3. The molecule has 4 rings (SSSR count). The van der Waals surface area contributed by atoms with Gasteiger partial charge < -0.3 is 20.3 Å². The zero-order chi connectivity index (χ0) is 24.2. The van der Waals surface area contributed by atoms with Crippen LogP contribution >= 0.6 is 0 Å². The van der Waals surface area contributed by atoms with E-state index in [0.717, 1.165) is 39.0 Å². The van der Waals surface area contributed by atoms with Crippen molar-refractivity contribution in [2.75, 3.05) is 7.11 Å². The molecule has 0 radical (unpaired) electrons. The number of hydrogen-bond acceptors (Lipinski definition) is 5. The second kappa shape index (κ2) is 9.97. The van der Waals surface area contributed by atoms with E-state index >= 15 is 0 Å². The number of carboxylic acid groups (broad SMARTS) is 1. The standard InChI is InChI=1S/C27H29N3O4/c1-17(2)30-24-12-11-18(21-9-6-8-20(15-28)27(21)33-3)13-22(24)23(29-30)16-34-25-10-5-4-7-19(25)14-26(31)32/h4-13,17H,14-16,28H2,1-3H3,(H,31,32). The third kappa shape index (κ3) is 4.61. The topological polar surface area (TPSA) is 99.6 Å². The van der Waals surface area contributed by atoms with Gasteiger partial charge in [0.2, 0.25) is 0 Å². The quantitative estimate of drug-likeness (QED) is 0.367. The Bertz CT molecular complexity index is 1330. The lowest BCUT2D eigenvalue weighted by Crippen LogP contribution is -2.06. The predicted octanol–water partition coefficient (Wildman–Crippen LogP) is 4.96. The van der Waals surface area contributed by atoms with Crippen molar-refractivity contribution >= 4 is 16.9 Å². The fourth-order valence-electron chi connectivity index (χ4n) is 4.19. The van der Waals surface area contributed by atoms with Crippen LogP contribution in [0.1, 0.15) is 36.7 Å². The van der Waals surface area contributed by atoms with Crippen LogP contribution in [0.2, 0.25) is 0 Å². The van der Waals surface area contributed by atoms with Crippen LogP contribution in [0.3, 0.4) is 0 Å². The molecule has 34 heavy (non-hydrogen) atoms. The van der Waals surface area contributed by atoms with Crippen molar-refractivity contribution < 1.29 is 19.4 Å². The Morgan fingerprint density at radius 1 is 1.09 bits per heavy atom. The third-order valence-corrected chi connectivity index (χ3v) is 5.78. The smallest absolute Gasteiger partial charge is 0.307 e. The summed E-state index contributed by atoms with van der Waals surface area (Å²) in [5, 5.41) is 15.0. The normalized spacial score (nSPS) is 11.2. The molecule has 176 valence electrons. The number of methoxy groups -OCH3 is 1. The maximum atomic E-state index is 11.2. The molecule has 7 nitrogen and oxygen atoms in total. The summed E-state index contributed by atoms with van der Waals surface area (Å²) in [5.74, 6) is 0.413. The van der Waals surface area contributed by atoms with Crippen molar-refractivity contribution in [3.05, 3.63) is 77.5 Å². The van der Waals surface area contributed by atoms with Crippen LogP contribution < -0.4 is 15.2 Å². The molecule has 0 spiro atoms. The molecule has 3 N–H and O–H groups in total. The largest absolute Gasteiger partial charge is 0.496 e. The van der Waals surface area contributed by atoms with E-state index in [1.807, 2.05) is 35.0 Å². The summed E-state index contributed by atoms with van der Waals surface area (Å²) in [4.78, 5) is 11.2. The SMILES string of the molecule is COc1c(CN)cccc1-c1ccc2c(c1)c(COc1ccccc1CC(=O)O)nn2C(C)C. The molecule has 0 saturated heterocycles. The van der Waals surface area contributed by atoms with Crippen molar-refractivity contribution in [2.45, 2.75) is 39.5 Å². The molecule has 7 heteroatoms. The number of carboxylic acids is 1. The van der Waals surface area contributed by atoms with Crippen LogP contribution in [-0.4, -0.2) is 28.0 Å². The molecule has 4 aromatic rings. The van der Waals surface area contributed by atoms with Gasteiger partial charge in [-0.2, -0.15) is 5.10 Å². The van der Waals surface area contributed by atoms with Crippen LogP contribution in [0.5, 0.6) is 11.5 Å². The average Bonchev–Trinajstić information content (AvgIpc) is 3.20. The second-order valence-corrected chi connectivity index (χ2v) is 8.39. The number of ether oxygens (including phenoxy) is 2. The molecule has 0 fully saturated rings. The first kappa shape index (κ1) is 23.3. The van der Waals surface area contributed by atoms with Crippen LogP contribution in [0.4, 0.5) is 0 Å². The molecular formula is C27H29N3O4. The molecule has 0 saturated carbocycles. The molecule has 0 aliphatic rings. The molecular weight excluding hydrogens is 430 g/mol. The second-order valence-electron chi connectivity index (χ2n) is 8.39. The molecule has 0 amide bonds. The minimum absolute atomic E-state index is 0.0984. The summed E-state index contributed by atoms with van der Waals surface area (Å²) in [7, 11) is 1.65. The van der Waals surface area contributed by atoms with Crippen LogP contribution in [0.15, 0.2) is 60.7 Å². The molecule has 0 bridgehead atoms. The van der Waals surface area contributed by atoms with Gasteiger partial charge in [0.05, 0.1) is 19.0 Å². The average molecular weight is 460 g/mol. The highest BCUT2D eigenvalue weighted by molar-refractivity contribution is 5.88. The Morgan fingerprint density at radius 3 is 2.56 bits per heavy atom. The summed E-state index contributed by atoms with van der Waals surface area (Å²) in [6.45, 7) is 4.78. The highest BCUT2D eigenvalue weighted by Crippen LogP contribution is 2.36. The van der Waals surface area contributed by atoms with E-state index in [2.05, 4.69) is 32.0 Å². The van der Waals surface area contributed by atoms with E-state index in [4.69, 9.17) is 20.3 Å². The lowest BCUT2D eigenvalue weighted by Gasteiger charge is -2.13. The Labute approximate surface area is 198 Å². The molecule has 0 atom stereocenters. The van der Waals surface area contributed by atoms with Gasteiger partial charge in [0.15, 0.2) is 0 Å². The fraction of sp³-hybridized carbons (Fsp3) is 0.259. The molecule has 3 aromatic carbocycles. The van der Waals surface area contributed by atoms with Gasteiger partial charge in [0.1, 0.15) is 23.8 Å². The van der Waals surface area contributed by atoms with Crippen LogP contribution in [0.25, 0.3) is 22.0 Å². The predicted molar refractivity (Wildman–Crippen MR) is 132 cm³/mol. The number of nitrogens with zero attached hydrogens (tertiary/aromatic N) is 2. The summed E-state index contributed by atoms with van der Waals surface area (Å²) < 4.78 is 13.7. The highest BCUT2D eigenvalue weighted by atomic mass is 16.5. The number of nitrogens with two attached hydrogens (primary N) is 1. The fourth-order valence-corrected chi connectivity index (χ4v) is 4.19. The first-order chi connectivity index (χ1) is 16.4. The molecule has 0 unspecified atom stereocenters. The Morgan fingerprint density at radius 2 is 1.85 bits per heavy atom. The van der Waals surface area contributed by atoms with Crippen LogP contribution in [0, 0.1) is 0 Å². The van der Waals surface area contributed by atoms with Gasteiger partial charge in [-0.15, -0.1) is 0 Å².